The van der Waals surface area contributed by atoms with Gasteiger partial charge in [-0.2, -0.15) is 13.2 Å². The molecule has 168 valence electrons. The predicted molar refractivity (Wildman–Crippen MR) is 115 cm³/mol. The summed E-state index contributed by atoms with van der Waals surface area (Å²) in [5, 5.41) is 6.91. The van der Waals surface area contributed by atoms with Crippen molar-refractivity contribution in [3.63, 3.8) is 0 Å². The van der Waals surface area contributed by atoms with Gasteiger partial charge in [0.2, 0.25) is 5.88 Å². The fraction of sp³-hybridized carbons (Fsp3) is 0.348. The van der Waals surface area contributed by atoms with E-state index in [9.17, 15) is 18.0 Å². The Morgan fingerprint density at radius 1 is 1.00 bits per heavy atom. The van der Waals surface area contributed by atoms with E-state index >= 15 is 0 Å². The van der Waals surface area contributed by atoms with Crippen LogP contribution in [0.4, 0.5) is 18.9 Å². The molecule has 1 aliphatic rings. The Balaban J connectivity index is 1.41. The van der Waals surface area contributed by atoms with Gasteiger partial charge in [0, 0.05) is 29.2 Å². The fourth-order valence-corrected chi connectivity index (χ4v) is 3.96. The summed E-state index contributed by atoms with van der Waals surface area (Å²) in [4.78, 5) is 20.4. The van der Waals surface area contributed by atoms with E-state index in [0.717, 1.165) is 6.07 Å². The normalized spacial score (nSPS) is 18.9. The second-order valence-electron chi connectivity index (χ2n) is 7.80. The van der Waals surface area contributed by atoms with E-state index in [2.05, 4.69) is 20.6 Å². The fourth-order valence-electron chi connectivity index (χ4n) is 3.96. The molecular formula is C23H23F3N4O2. The molecule has 6 nitrogen and oxygen atoms in total. The minimum atomic E-state index is -4.52. The highest BCUT2D eigenvalue weighted by Crippen LogP contribution is 2.34. The van der Waals surface area contributed by atoms with Crippen molar-refractivity contribution in [2.75, 3.05) is 12.4 Å². The molecular weight excluding hydrogens is 421 g/mol. The second kappa shape index (κ2) is 9.02. The molecule has 1 aliphatic carbocycles. The van der Waals surface area contributed by atoms with Crippen LogP contribution in [0.1, 0.15) is 41.9 Å². The van der Waals surface area contributed by atoms with E-state index in [1.807, 2.05) is 0 Å². The first-order valence-electron chi connectivity index (χ1n) is 10.4. The van der Waals surface area contributed by atoms with Gasteiger partial charge in [-0.3, -0.25) is 4.79 Å². The maximum absolute atomic E-state index is 13.3. The number of nitrogens with one attached hydrogen (secondary N) is 2. The third-order valence-electron chi connectivity index (χ3n) is 5.59. The van der Waals surface area contributed by atoms with Gasteiger partial charge in [0.05, 0.1) is 12.6 Å². The number of ether oxygens (including phenoxy) is 1. The molecule has 0 spiro atoms. The van der Waals surface area contributed by atoms with Gasteiger partial charge in [-0.05, 0) is 43.9 Å². The predicted octanol–water partition coefficient (Wildman–Crippen LogP) is 4.81. The van der Waals surface area contributed by atoms with Gasteiger partial charge in [-0.15, -0.1) is 0 Å². The molecule has 1 fully saturated rings. The number of benzene rings is 1. The maximum atomic E-state index is 13.3. The third-order valence-corrected chi connectivity index (χ3v) is 5.59. The highest BCUT2D eigenvalue weighted by molar-refractivity contribution is 5.93. The van der Waals surface area contributed by atoms with E-state index in [-0.39, 0.29) is 23.7 Å². The standard InChI is InChI=1S/C23H23F3N4O2/c1-32-21-8-4-7-18(30-21)22(31)28-15-11-9-14(10-12-15)27-19-13-20(23(24,25)26)29-17-6-3-2-5-16(17)19/h2-8,13-15H,9-12H2,1H3,(H,27,29)(H,28,31). The van der Waals surface area contributed by atoms with Crippen LogP contribution in [-0.2, 0) is 6.18 Å². The third kappa shape index (κ3) is 4.92. The number of carbonyl (C=O) groups excluding carboxylic acids is 1. The van der Waals surface area contributed by atoms with Crippen molar-refractivity contribution in [2.24, 2.45) is 0 Å². The number of rotatable bonds is 5. The van der Waals surface area contributed by atoms with Crippen LogP contribution >= 0.6 is 0 Å². The number of para-hydroxylation sites is 1. The molecule has 0 aliphatic heterocycles. The summed E-state index contributed by atoms with van der Waals surface area (Å²) < 4.78 is 44.9. The van der Waals surface area contributed by atoms with Crippen molar-refractivity contribution in [3.05, 3.63) is 59.9 Å². The summed E-state index contributed by atoms with van der Waals surface area (Å²) in [5.41, 5.74) is 0.102. The lowest BCUT2D eigenvalue weighted by Gasteiger charge is -2.30. The first-order valence-corrected chi connectivity index (χ1v) is 10.4. The van der Waals surface area contributed by atoms with Crippen molar-refractivity contribution in [2.45, 2.75) is 43.9 Å². The molecule has 0 radical (unpaired) electrons. The zero-order valence-corrected chi connectivity index (χ0v) is 17.4. The van der Waals surface area contributed by atoms with Crippen molar-refractivity contribution >= 4 is 22.5 Å². The molecule has 2 N–H and O–H groups in total. The summed E-state index contributed by atoms with van der Waals surface area (Å²) in [6.45, 7) is 0. The van der Waals surface area contributed by atoms with Gasteiger partial charge in [0.15, 0.2) is 0 Å². The van der Waals surface area contributed by atoms with Crippen molar-refractivity contribution in [3.8, 4) is 5.88 Å². The largest absolute Gasteiger partial charge is 0.481 e. The van der Waals surface area contributed by atoms with Crippen LogP contribution in [0.5, 0.6) is 5.88 Å². The lowest BCUT2D eigenvalue weighted by Crippen LogP contribution is -2.40. The molecule has 2 aromatic heterocycles. The van der Waals surface area contributed by atoms with Gasteiger partial charge in [0.25, 0.3) is 5.91 Å². The van der Waals surface area contributed by atoms with Gasteiger partial charge in [-0.1, -0.05) is 24.3 Å². The van der Waals surface area contributed by atoms with Gasteiger partial charge in [-0.25, -0.2) is 9.97 Å². The Morgan fingerprint density at radius 3 is 2.44 bits per heavy atom. The minimum Gasteiger partial charge on any atom is -0.481 e. The molecule has 0 unspecified atom stereocenters. The summed E-state index contributed by atoms with van der Waals surface area (Å²) in [5.74, 6) is 0.101. The summed E-state index contributed by atoms with van der Waals surface area (Å²) in [6.07, 6.45) is -1.66. The van der Waals surface area contributed by atoms with Crippen LogP contribution in [-0.4, -0.2) is 35.1 Å². The Hall–Kier alpha value is -3.36. The zero-order chi connectivity index (χ0) is 22.7. The van der Waals surface area contributed by atoms with Crippen LogP contribution in [0.3, 0.4) is 0 Å². The zero-order valence-electron chi connectivity index (χ0n) is 17.4. The molecule has 1 amide bonds. The number of fused-ring (bicyclic) bond motifs is 1. The number of amides is 1. The molecule has 0 bridgehead atoms. The highest BCUT2D eigenvalue weighted by Gasteiger charge is 2.34. The molecule has 0 saturated heterocycles. The number of methoxy groups -OCH3 is 1. The van der Waals surface area contributed by atoms with Crippen molar-refractivity contribution < 1.29 is 22.7 Å². The molecule has 9 heteroatoms. The van der Waals surface area contributed by atoms with Crippen LogP contribution in [0, 0.1) is 0 Å². The minimum absolute atomic E-state index is 0.00462. The van der Waals surface area contributed by atoms with Crippen LogP contribution in [0.25, 0.3) is 10.9 Å². The number of anilines is 1. The van der Waals surface area contributed by atoms with Crippen LogP contribution < -0.4 is 15.4 Å². The monoisotopic (exact) mass is 444 g/mol. The number of hydrogen-bond donors (Lipinski definition) is 2. The van der Waals surface area contributed by atoms with Crippen LogP contribution in [0.15, 0.2) is 48.5 Å². The first-order chi connectivity index (χ1) is 15.3. The number of aromatic nitrogens is 2. The highest BCUT2D eigenvalue weighted by atomic mass is 19.4. The number of halogens is 3. The van der Waals surface area contributed by atoms with Crippen LogP contribution in [0.2, 0.25) is 0 Å². The molecule has 1 aromatic carbocycles. The van der Waals surface area contributed by atoms with Gasteiger partial charge < -0.3 is 15.4 Å². The molecule has 1 saturated carbocycles. The van der Waals surface area contributed by atoms with Crippen molar-refractivity contribution in [1.82, 2.24) is 15.3 Å². The van der Waals surface area contributed by atoms with Gasteiger partial charge >= 0.3 is 6.18 Å². The number of pyridine rings is 2. The van der Waals surface area contributed by atoms with Crippen molar-refractivity contribution in [1.29, 1.82) is 0 Å². The molecule has 32 heavy (non-hydrogen) atoms. The van der Waals surface area contributed by atoms with E-state index in [1.54, 1.807) is 42.5 Å². The summed E-state index contributed by atoms with van der Waals surface area (Å²) in [6, 6.07) is 12.8. The Kier molecular flexibility index (Phi) is 6.16. The average Bonchev–Trinajstić information content (AvgIpc) is 2.79. The smallest absolute Gasteiger partial charge is 0.433 e. The summed E-state index contributed by atoms with van der Waals surface area (Å²) >= 11 is 0. The number of hydrogen-bond acceptors (Lipinski definition) is 5. The molecule has 0 atom stereocenters. The Bertz CT molecular complexity index is 1110. The lowest BCUT2D eigenvalue weighted by molar-refractivity contribution is -0.140. The SMILES string of the molecule is COc1cccc(C(=O)NC2CCC(Nc3cc(C(F)(F)F)nc4ccccc34)CC2)n1. The first kappa shape index (κ1) is 21.9. The van der Waals surface area contributed by atoms with Gasteiger partial charge in [0.1, 0.15) is 11.4 Å². The number of carbonyl (C=O) groups is 1. The Labute approximate surface area is 183 Å². The summed E-state index contributed by atoms with van der Waals surface area (Å²) in [7, 11) is 1.49. The lowest BCUT2D eigenvalue weighted by atomic mass is 9.90. The number of nitrogens with zero attached hydrogens (tertiary/aromatic N) is 2. The van der Waals surface area contributed by atoms with E-state index < -0.39 is 11.9 Å². The van der Waals surface area contributed by atoms with E-state index in [1.165, 1.54) is 7.11 Å². The quantitative estimate of drug-likeness (QED) is 0.591. The Morgan fingerprint density at radius 2 is 1.72 bits per heavy atom. The maximum Gasteiger partial charge on any atom is 0.433 e. The topological polar surface area (TPSA) is 76.1 Å². The number of alkyl halides is 3. The average molecular weight is 444 g/mol. The van der Waals surface area contributed by atoms with E-state index in [0.29, 0.717) is 48.2 Å². The molecule has 4 rings (SSSR count). The van der Waals surface area contributed by atoms with E-state index in [4.69, 9.17) is 4.74 Å². The second-order valence-corrected chi connectivity index (χ2v) is 7.80. The molecule has 2 heterocycles. The molecule has 3 aromatic rings.